The van der Waals surface area contributed by atoms with E-state index < -0.39 is 0 Å². The SMILES string of the molecule is COc1cc(N)c(Cl)cc1C(=O)NCc1cccc(N2CCCC2=O)c1.Cl. The average molecular weight is 410 g/mol. The fourth-order valence-corrected chi connectivity index (χ4v) is 3.11. The molecule has 0 aromatic heterocycles. The number of nitrogens with one attached hydrogen (secondary N) is 1. The molecule has 1 heterocycles. The lowest BCUT2D eigenvalue weighted by Crippen LogP contribution is -2.25. The van der Waals surface area contributed by atoms with E-state index >= 15 is 0 Å². The quantitative estimate of drug-likeness (QED) is 0.740. The van der Waals surface area contributed by atoms with Gasteiger partial charge in [0.25, 0.3) is 5.91 Å². The van der Waals surface area contributed by atoms with E-state index in [1.165, 1.54) is 19.2 Å². The van der Waals surface area contributed by atoms with Crippen molar-refractivity contribution in [3.63, 3.8) is 0 Å². The molecular formula is C19H21Cl2N3O3. The van der Waals surface area contributed by atoms with Gasteiger partial charge >= 0.3 is 0 Å². The maximum Gasteiger partial charge on any atom is 0.255 e. The minimum atomic E-state index is -0.314. The van der Waals surface area contributed by atoms with Crippen molar-refractivity contribution >= 4 is 47.2 Å². The number of amides is 2. The van der Waals surface area contributed by atoms with Crippen LogP contribution in [0, 0.1) is 0 Å². The zero-order chi connectivity index (χ0) is 18.7. The lowest BCUT2D eigenvalue weighted by atomic mass is 10.1. The number of carbonyl (C=O) groups excluding carboxylic acids is 2. The highest BCUT2D eigenvalue weighted by atomic mass is 35.5. The van der Waals surface area contributed by atoms with Crippen LogP contribution in [0.2, 0.25) is 5.02 Å². The van der Waals surface area contributed by atoms with Crippen LogP contribution in [0.3, 0.4) is 0 Å². The van der Waals surface area contributed by atoms with Crippen LogP contribution in [0.15, 0.2) is 36.4 Å². The van der Waals surface area contributed by atoms with E-state index in [-0.39, 0.29) is 24.2 Å². The number of rotatable bonds is 5. The number of nitrogens with two attached hydrogens (primary N) is 1. The van der Waals surface area contributed by atoms with Crippen molar-refractivity contribution < 1.29 is 14.3 Å². The number of halogens is 2. The third kappa shape index (κ3) is 4.64. The van der Waals surface area contributed by atoms with Crippen LogP contribution >= 0.6 is 24.0 Å². The molecule has 1 aliphatic rings. The van der Waals surface area contributed by atoms with Gasteiger partial charge in [-0.3, -0.25) is 9.59 Å². The van der Waals surface area contributed by atoms with Crippen molar-refractivity contribution in [2.75, 3.05) is 24.3 Å². The van der Waals surface area contributed by atoms with E-state index in [1.807, 2.05) is 24.3 Å². The normalized spacial score (nSPS) is 13.3. The van der Waals surface area contributed by atoms with Gasteiger partial charge in [0.1, 0.15) is 5.75 Å². The summed E-state index contributed by atoms with van der Waals surface area (Å²) in [5.41, 5.74) is 8.16. The first-order valence-corrected chi connectivity index (χ1v) is 8.68. The number of hydrogen-bond donors (Lipinski definition) is 2. The van der Waals surface area contributed by atoms with Crippen LogP contribution in [-0.2, 0) is 11.3 Å². The van der Waals surface area contributed by atoms with Crippen LogP contribution in [0.25, 0.3) is 0 Å². The molecule has 1 saturated heterocycles. The molecule has 0 spiro atoms. The summed E-state index contributed by atoms with van der Waals surface area (Å²) in [6, 6.07) is 10.6. The van der Waals surface area contributed by atoms with Crippen LogP contribution in [-0.4, -0.2) is 25.5 Å². The number of carbonyl (C=O) groups is 2. The monoisotopic (exact) mass is 409 g/mol. The Morgan fingerprint density at radius 2 is 2.11 bits per heavy atom. The Balaban J connectivity index is 0.00000261. The van der Waals surface area contributed by atoms with Gasteiger partial charge in [-0.15, -0.1) is 12.4 Å². The fraction of sp³-hybridized carbons (Fsp3) is 0.263. The van der Waals surface area contributed by atoms with Crippen LogP contribution < -0.4 is 20.7 Å². The van der Waals surface area contributed by atoms with Gasteiger partial charge in [0, 0.05) is 31.3 Å². The van der Waals surface area contributed by atoms with Crippen molar-refractivity contribution in [1.29, 1.82) is 0 Å². The zero-order valence-electron chi connectivity index (χ0n) is 14.8. The van der Waals surface area contributed by atoms with Crippen molar-refractivity contribution in [1.82, 2.24) is 5.32 Å². The van der Waals surface area contributed by atoms with E-state index in [4.69, 9.17) is 22.1 Å². The van der Waals surface area contributed by atoms with Crippen molar-refractivity contribution in [3.8, 4) is 5.75 Å². The van der Waals surface area contributed by atoms with Gasteiger partial charge in [0.05, 0.1) is 23.4 Å². The van der Waals surface area contributed by atoms with E-state index in [0.717, 1.165) is 24.2 Å². The highest BCUT2D eigenvalue weighted by Crippen LogP contribution is 2.29. The molecule has 144 valence electrons. The van der Waals surface area contributed by atoms with E-state index in [0.29, 0.717) is 35.0 Å². The van der Waals surface area contributed by atoms with Gasteiger partial charge in [0.2, 0.25) is 5.91 Å². The first-order valence-electron chi connectivity index (χ1n) is 8.30. The van der Waals surface area contributed by atoms with Gasteiger partial charge in [-0.05, 0) is 30.2 Å². The number of methoxy groups -OCH3 is 1. The Labute approximate surface area is 169 Å². The minimum absolute atomic E-state index is 0. The second kappa shape index (κ2) is 8.97. The number of hydrogen-bond acceptors (Lipinski definition) is 4. The van der Waals surface area contributed by atoms with E-state index in [2.05, 4.69) is 5.32 Å². The lowest BCUT2D eigenvalue weighted by Gasteiger charge is -2.17. The molecule has 0 bridgehead atoms. The summed E-state index contributed by atoms with van der Waals surface area (Å²) in [4.78, 5) is 26.2. The Hall–Kier alpha value is -2.44. The summed E-state index contributed by atoms with van der Waals surface area (Å²) in [6.45, 7) is 1.05. The predicted molar refractivity (Wildman–Crippen MR) is 109 cm³/mol. The molecule has 0 unspecified atom stereocenters. The van der Waals surface area contributed by atoms with Gasteiger partial charge in [0.15, 0.2) is 0 Å². The summed E-state index contributed by atoms with van der Waals surface area (Å²) < 4.78 is 5.21. The van der Waals surface area contributed by atoms with Crippen LogP contribution in [0.5, 0.6) is 5.75 Å². The van der Waals surface area contributed by atoms with Gasteiger partial charge in [-0.2, -0.15) is 0 Å². The fourth-order valence-electron chi connectivity index (χ4n) is 2.95. The molecule has 0 radical (unpaired) electrons. The maximum absolute atomic E-state index is 12.5. The molecule has 3 N–H and O–H groups in total. The lowest BCUT2D eigenvalue weighted by molar-refractivity contribution is -0.117. The van der Waals surface area contributed by atoms with Gasteiger partial charge in [-0.25, -0.2) is 0 Å². The molecular weight excluding hydrogens is 389 g/mol. The van der Waals surface area contributed by atoms with Crippen LogP contribution in [0.1, 0.15) is 28.8 Å². The van der Waals surface area contributed by atoms with Crippen molar-refractivity contribution in [2.45, 2.75) is 19.4 Å². The Morgan fingerprint density at radius 3 is 2.78 bits per heavy atom. The summed E-state index contributed by atoms with van der Waals surface area (Å²) in [6.07, 6.45) is 1.45. The molecule has 2 aromatic carbocycles. The molecule has 2 aromatic rings. The topological polar surface area (TPSA) is 84.7 Å². The molecule has 1 aliphatic heterocycles. The molecule has 3 rings (SSSR count). The number of anilines is 2. The molecule has 0 aliphatic carbocycles. The average Bonchev–Trinajstić information content (AvgIpc) is 3.07. The Morgan fingerprint density at radius 1 is 1.33 bits per heavy atom. The molecule has 6 nitrogen and oxygen atoms in total. The molecule has 1 fully saturated rings. The summed E-state index contributed by atoms with van der Waals surface area (Å²) in [5, 5.41) is 3.14. The minimum Gasteiger partial charge on any atom is -0.496 e. The highest BCUT2D eigenvalue weighted by molar-refractivity contribution is 6.33. The first kappa shape index (κ1) is 20.9. The Bertz CT molecular complexity index is 858. The third-order valence-electron chi connectivity index (χ3n) is 4.31. The predicted octanol–water partition coefficient (Wildman–Crippen LogP) is 3.41. The van der Waals surface area contributed by atoms with Crippen molar-refractivity contribution in [3.05, 3.63) is 52.5 Å². The van der Waals surface area contributed by atoms with Gasteiger partial charge in [-0.1, -0.05) is 23.7 Å². The molecule has 0 saturated carbocycles. The van der Waals surface area contributed by atoms with E-state index in [9.17, 15) is 9.59 Å². The van der Waals surface area contributed by atoms with E-state index in [1.54, 1.807) is 4.90 Å². The molecule has 27 heavy (non-hydrogen) atoms. The zero-order valence-corrected chi connectivity index (χ0v) is 16.4. The second-order valence-corrected chi connectivity index (χ2v) is 6.48. The largest absolute Gasteiger partial charge is 0.496 e. The smallest absolute Gasteiger partial charge is 0.255 e. The van der Waals surface area contributed by atoms with Crippen molar-refractivity contribution in [2.24, 2.45) is 0 Å². The third-order valence-corrected chi connectivity index (χ3v) is 4.64. The molecule has 0 atom stereocenters. The summed E-state index contributed by atoms with van der Waals surface area (Å²) in [5.74, 6) is 0.180. The standard InChI is InChI=1S/C19H20ClN3O3.ClH/c1-26-17-10-16(21)15(20)9-14(17)19(25)22-11-12-4-2-5-13(8-12)23-7-3-6-18(23)24;/h2,4-5,8-10H,3,6-7,11,21H2,1H3,(H,22,25);1H. The molecule has 8 heteroatoms. The summed E-state index contributed by atoms with van der Waals surface area (Å²) >= 11 is 6.01. The van der Waals surface area contributed by atoms with Gasteiger partial charge < -0.3 is 20.7 Å². The Kier molecular flexibility index (Phi) is 6.93. The number of nitrogens with zero attached hydrogens (tertiary/aromatic N) is 1. The number of benzene rings is 2. The highest BCUT2D eigenvalue weighted by Gasteiger charge is 2.21. The number of ether oxygens (including phenoxy) is 1. The molecule has 2 amide bonds. The second-order valence-electron chi connectivity index (χ2n) is 6.08. The summed E-state index contributed by atoms with van der Waals surface area (Å²) in [7, 11) is 1.47. The number of nitrogen functional groups attached to an aromatic ring is 1. The van der Waals surface area contributed by atoms with Crippen LogP contribution in [0.4, 0.5) is 11.4 Å². The first-order chi connectivity index (χ1) is 12.5. The maximum atomic E-state index is 12.5.